The highest BCUT2D eigenvalue weighted by molar-refractivity contribution is 5.78. The van der Waals surface area contributed by atoms with Crippen molar-refractivity contribution in [1.82, 2.24) is 4.90 Å². The number of likely N-dealkylation sites (N-methyl/N-ethyl adjacent to an activating group) is 1. The Morgan fingerprint density at radius 2 is 2.11 bits per heavy atom. The molecule has 0 aliphatic heterocycles. The van der Waals surface area contributed by atoms with Crippen LogP contribution in [0.4, 0.5) is 0 Å². The molecule has 0 aliphatic carbocycles. The van der Waals surface area contributed by atoms with Crippen molar-refractivity contribution in [1.29, 1.82) is 0 Å². The van der Waals surface area contributed by atoms with Crippen molar-refractivity contribution >= 4 is 11.9 Å². The van der Waals surface area contributed by atoms with Gasteiger partial charge in [0.2, 0.25) is 0 Å². The summed E-state index contributed by atoms with van der Waals surface area (Å²) in [6.45, 7) is 2.04. The zero-order valence-electron chi connectivity index (χ0n) is 10.5. The van der Waals surface area contributed by atoms with Gasteiger partial charge in [-0.2, -0.15) is 0 Å². The van der Waals surface area contributed by atoms with Crippen molar-refractivity contribution in [3.05, 3.63) is 29.8 Å². The Morgan fingerprint density at radius 3 is 2.72 bits per heavy atom. The van der Waals surface area contributed by atoms with E-state index in [4.69, 9.17) is 9.84 Å². The minimum absolute atomic E-state index is 0.0628. The molecule has 0 radical (unpaired) electrons. The number of amides is 1. The lowest BCUT2D eigenvalue weighted by molar-refractivity contribution is -0.138. The molecule has 0 fully saturated rings. The van der Waals surface area contributed by atoms with Gasteiger partial charge in [0.25, 0.3) is 5.91 Å². The SMILES string of the molecule is Cc1cccc(OCC(=O)N(C)CCC(=O)O)c1. The smallest absolute Gasteiger partial charge is 0.305 e. The van der Waals surface area contributed by atoms with E-state index in [1.807, 2.05) is 25.1 Å². The predicted octanol–water partition coefficient (Wildman–Crippen LogP) is 1.31. The molecule has 0 spiro atoms. The predicted molar refractivity (Wildman–Crippen MR) is 66.6 cm³/mol. The first-order valence-electron chi connectivity index (χ1n) is 5.64. The first-order valence-corrected chi connectivity index (χ1v) is 5.64. The van der Waals surface area contributed by atoms with Crippen molar-refractivity contribution < 1.29 is 19.4 Å². The van der Waals surface area contributed by atoms with Crippen LogP contribution in [0.2, 0.25) is 0 Å². The summed E-state index contributed by atoms with van der Waals surface area (Å²) in [5.41, 5.74) is 1.05. The van der Waals surface area contributed by atoms with Gasteiger partial charge in [0.1, 0.15) is 5.75 Å². The first kappa shape index (κ1) is 14.0. The molecule has 0 saturated carbocycles. The van der Waals surface area contributed by atoms with Gasteiger partial charge in [0, 0.05) is 13.6 Å². The van der Waals surface area contributed by atoms with Crippen LogP contribution in [0.1, 0.15) is 12.0 Å². The maximum atomic E-state index is 11.6. The van der Waals surface area contributed by atoms with Gasteiger partial charge >= 0.3 is 5.97 Å². The molecule has 18 heavy (non-hydrogen) atoms. The van der Waals surface area contributed by atoms with Gasteiger partial charge in [-0.05, 0) is 24.6 Å². The van der Waals surface area contributed by atoms with Crippen molar-refractivity contribution in [3.63, 3.8) is 0 Å². The monoisotopic (exact) mass is 251 g/mol. The van der Waals surface area contributed by atoms with Gasteiger partial charge in [-0.3, -0.25) is 9.59 Å². The number of nitrogens with zero attached hydrogens (tertiary/aromatic N) is 1. The van der Waals surface area contributed by atoms with Crippen LogP contribution < -0.4 is 4.74 Å². The molecule has 0 aromatic heterocycles. The molecule has 0 atom stereocenters. The Morgan fingerprint density at radius 1 is 1.39 bits per heavy atom. The van der Waals surface area contributed by atoms with Crippen molar-refractivity contribution in [2.75, 3.05) is 20.2 Å². The molecule has 0 saturated heterocycles. The Kier molecular flexibility index (Phi) is 5.17. The van der Waals surface area contributed by atoms with Crippen LogP contribution in [0.25, 0.3) is 0 Å². The molecule has 0 heterocycles. The number of rotatable bonds is 6. The Bertz CT molecular complexity index is 431. The van der Waals surface area contributed by atoms with Crippen LogP contribution in [-0.2, 0) is 9.59 Å². The standard InChI is InChI=1S/C13H17NO4/c1-10-4-3-5-11(8-10)18-9-12(15)14(2)7-6-13(16)17/h3-5,8H,6-7,9H2,1-2H3,(H,16,17). The number of aliphatic carboxylic acids is 1. The van der Waals surface area contributed by atoms with E-state index in [1.54, 1.807) is 13.1 Å². The highest BCUT2D eigenvalue weighted by Gasteiger charge is 2.10. The van der Waals surface area contributed by atoms with Gasteiger partial charge in [-0.1, -0.05) is 12.1 Å². The maximum Gasteiger partial charge on any atom is 0.305 e. The van der Waals surface area contributed by atoms with Crippen LogP contribution in [0.15, 0.2) is 24.3 Å². The molecule has 0 bridgehead atoms. The molecular formula is C13H17NO4. The largest absolute Gasteiger partial charge is 0.484 e. The minimum atomic E-state index is -0.922. The van der Waals surface area contributed by atoms with Gasteiger partial charge in [0.15, 0.2) is 6.61 Å². The zero-order valence-corrected chi connectivity index (χ0v) is 10.5. The average molecular weight is 251 g/mol. The summed E-state index contributed by atoms with van der Waals surface area (Å²) in [6.07, 6.45) is -0.0628. The lowest BCUT2D eigenvalue weighted by Gasteiger charge is -2.16. The molecule has 1 N–H and O–H groups in total. The van der Waals surface area contributed by atoms with Gasteiger partial charge in [-0.25, -0.2) is 0 Å². The molecule has 1 aromatic rings. The minimum Gasteiger partial charge on any atom is -0.484 e. The second-order valence-electron chi connectivity index (χ2n) is 4.06. The highest BCUT2D eigenvalue weighted by Crippen LogP contribution is 2.12. The summed E-state index contributed by atoms with van der Waals surface area (Å²) in [5.74, 6) is -0.526. The normalized spacial score (nSPS) is 9.89. The van der Waals surface area contributed by atoms with E-state index in [0.717, 1.165) is 5.56 Å². The fraction of sp³-hybridized carbons (Fsp3) is 0.385. The van der Waals surface area contributed by atoms with Crippen LogP contribution in [-0.4, -0.2) is 42.1 Å². The second kappa shape index (κ2) is 6.64. The van der Waals surface area contributed by atoms with Gasteiger partial charge in [-0.15, -0.1) is 0 Å². The summed E-state index contributed by atoms with van der Waals surface area (Å²) in [4.78, 5) is 23.3. The maximum absolute atomic E-state index is 11.6. The number of carboxylic acids is 1. The Balaban J connectivity index is 2.38. The summed E-state index contributed by atoms with van der Waals surface area (Å²) < 4.78 is 5.34. The van der Waals surface area contributed by atoms with Crippen LogP contribution in [0.3, 0.4) is 0 Å². The van der Waals surface area contributed by atoms with E-state index in [1.165, 1.54) is 4.90 Å². The van der Waals surface area contributed by atoms with Crippen LogP contribution >= 0.6 is 0 Å². The van der Waals surface area contributed by atoms with E-state index in [9.17, 15) is 9.59 Å². The van der Waals surface area contributed by atoms with Crippen LogP contribution in [0.5, 0.6) is 5.75 Å². The van der Waals surface area contributed by atoms with Gasteiger partial charge < -0.3 is 14.7 Å². The first-order chi connectivity index (χ1) is 8.49. The van der Waals surface area contributed by atoms with E-state index in [2.05, 4.69) is 0 Å². The molecule has 1 rings (SSSR count). The van der Waals surface area contributed by atoms with Gasteiger partial charge in [0.05, 0.1) is 6.42 Å². The molecule has 0 unspecified atom stereocenters. The number of hydrogen-bond donors (Lipinski definition) is 1. The number of carbonyl (C=O) groups excluding carboxylic acids is 1. The number of benzene rings is 1. The second-order valence-corrected chi connectivity index (χ2v) is 4.06. The molecule has 5 heteroatoms. The number of hydrogen-bond acceptors (Lipinski definition) is 3. The van der Waals surface area contributed by atoms with Crippen molar-refractivity contribution in [2.45, 2.75) is 13.3 Å². The highest BCUT2D eigenvalue weighted by atomic mass is 16.5. The average Bonchev–Trinajstić information content (AvgIpc) is 2.33. The summed E-state index contributed by atoms with van der Waals surface area (Å²) in [5, 5.41) is 8.51. The third-order valence-electron chi connectivity index (χ3n) is 2.44. The number of carbonyl (C=O) groups is 2. The fourth-order valence-corrected chi connectivity index (χ4v) is 1.35. The summed E-state index contributed by atoms with van der Waals surface area (Å²) in [6, 6.07) is 7.40. The summed E-state index contributed by atoms with van der Waals surface area (Å²) >= 11 is 0. The van der Waals surface area contributed by atoms with E-state index >= 15 is 0 Å². The quantitative estimate of drug-likeness (QED) is 0.827. The Labute approximate surface area is 106 Å². The third-order valence-corrected chi connectivity index (χ3v) is 2.44. The van der Waals surface area contributed by atoms with E-state index < -0.39 is 5.97 Å². The summed E-state index contributed by atoms with van der Waals surface area (Å²) in [7, 11) is 1.56. The lowest BCUT2D eigenvalue weighted by atomic mass is 10.2. The van der Waals surface area contributed by atoms with Crippen molar-refractivity contribution in [3.8, 4) is 5.75 Å². The molecule has 0 aliphatic rings. The number of carboxylic acid groups (broad SMARTS) is 1. The third kappa shape index (κ3) is 4.86. The number of ether oxygens (including phenoxy) is 1. The molecule has 5 nitrogen and oxygen atoms in total. The zero-order chi connectivity index (χ0) is 13.5. The van der Waals surface area contributed by atoms with E-state index in [0.29, 0.717) is 5.75 Å². The molecule has 1 aromatic carbocycles. The topological polar surface area (TPSA) is 66.8 Å². The van der Waals surface area contributed by atoms with Crippen LogP contribution in [0, 0.1) is 6.92 Å². The Hall–Kier alpha value is -2.04. The molecule has 1 amide bonds. The lowest BCUT2D eigenvalue weighted by Crippen LogP contribution is -2.33. The van der Waals surface area contributed by atoms with Crippen molar-refractivity contribution in [2.24, 2.45) is 0 Å². The fourth-order valence-electron chi connectivity index (χ4n) is 1.35. The molecular weight excluding hydrogens is 234 g/mol. The number of aryl methyl sites for hydroxylation is 1. The molecule has 98 valence electrons. The van der Waals surface area contributed by atoms with E-state index in [-0.39, 0.29) is 25.5 Å².